The zero-order valence-corrected chi connectivity index (χ0v) is 28.0. The van der Waals surface area contributed by atoms with Crippen LogP contribution < -0.4 is 0 Å². The van der Waals surface area contributed by atoms with Gasteiger partial charge >= 0.3 is 11.9 Å². The maximum absolute atomic E-state index is 13.3. The van der Waals surface area contributed by atoms with Crippen molar-refractivity contribution in [3.8, 4) is 0 Å². The van der Waals surface area contributed by atoms with Crippen molar-refractivity contribution in [1.82, 2.24) is 0 Å². The first-order valence-corrected chi connectivity index (χ1v) is 16.5. The molecule has 2 unspecified atom stereocenters. The molecule has 0 spiro atoms. The smallest absolute Gasteiger partial charge is 0.323 e. The number of hydrogen-bond donors (Lipinski definition) is 0. The van der Waals surface area contributed by atoms with Crippen molar-refractivity contribution in [2.24, 2.45) is 16.2 Å². The number of ether oxygens (including phenoxy) is 6. The van der Waals surface area contributed by atoms with Crippen LogP contribution in [0.4, 0.5) is 0 Å². The van der Waals surface area contributed by atoms with E-state index in [2.05, 4.69) is 27.7 Å². The van der Waals surface area contributed by atoms with E-state index in [1.54, 1.807) is 13.8 Å². The second-order valence-electron chi connectivity index (χ2n) is 13.5. The molecule has 43 heavy (non-hydrogen) atoms. The maximum atomic E-state index is 13.3. The Morgan fingerprint density at radius 2 is 1.02 bits per heavy atom. The second-order valence-corrected chi connectivity index (χ2v) is 13.5. The van der Waals surface area contributed by atoms with Crippen LogP contribution in [0.25, 0.3) is 0 Å². The summed E-state index contributed by atoms with van der Waals surface area (Å²) in [7, 11) is 0. The molecule has 2 fully saturated rings. The summed E-state index contributed by atoms with van der Waals surface area (Å²) in [6, 6.07) is 0. The Bertz CT molecular complexity index is 727. The summed E-state index contributed by atoms with van der Waals surface area (Å²) >= 11 is 0. The molecule has 250 valence electrons. The first kappa shape index (κ1) is 39.2. The van der Waals surface area contributed by atoms with E-state index in [4.69, 9.17) is 39.2 Å². The third kappa shape index (κ3) is 15.2. The molecule has 0 aromatic heterocycles. The van der Waals surface area contributed by atoms with Gasteiger partial charge in [0.25, 0.3) is 0 Å². The average Bonchev–Trinajstić information content (AvgIpc) is 3.00. The van der Waals surface area contributed by atoms with Gasteiger partial charge in [-0.15, -0.1) is 0 Å². The first-order valence-electron chi connectivity index (χ1n) is 16.5. The molecule has 0 saturated carbocycles. The highest BCUT2D eigenvalue weighted by molar-refractivity contribution is 6.00. The fraction of sp³-hybridized carbons (Fsp3) is 0.939. The van der Waals surface area contributed by atoms with E-state index >= 15 is 0 Å². The first-order chi connectivity index (χ1) is 20.5. The highest BCUT2D eigenvalue weighted by Gasteiger charge is 2.47. The molecular weight excluding hydrogens is 552 g/mol. The van der Waals surface area contributed by atoms with Gasteiger partial charge in [-0.1, -0.05) is 53.4 Å². The van der Waals surface area contributed by atoms with E-state index in [0.717, 1.165) is 90.3 Å². The van der Waals surface area contributed by atoms with Crippen molar-refractivity contribution in [3.63, 3.8) is 0 Å². The lowest BCUT2D eigenvalue weighted by atomic mass is 9.76. The molecule has 0 bridgehead atoms. The molecule has 10 nitrogen and oxygen atoms in total. The predicted octanol–water partition coefficient (Wildman–Crippen LogP) is 7.39. The summed E-state index contributed by atoms with van der Waals surface area (Å²) < 4.78 is 34.5. The van der Waals surface area contributed by atoms with Crippen LogP contribution in [0.3, 0.4) is 0 Å². The molecule has 2 saturated heterocycles. The normalized spacial score (nSPS) is 19.6. The quantitative estimate of drug-likeness (QED) is 0.0592. The standard InChI is InChI=1S/C33H60O8.N2/c1-7-36-29(34)33(30(35)37-8-2,21-13-11-19-31(3,4)25-40-27-17-9-15-23-38-27)22-14-12-20-32(5,6)26-41-28-18-10-16-24-39-28;1-2/h27-28H,7-26H2,1-6H3;. The minimum absolute atomic E-state index is 0.0202. The fourth-order valence-electron chi connectivity index (χ4n) is 5.68. The zero-order chi connectivity index (χ0) is 32.2. The summed E-state index contributed by atoms with van der Waals surface area (Å²) in [5, 5.41) is 12.0. The molecule has 0 amide bonds. The molecule has 2 atom stereocenters. The maximum Gasteiger partial charge on any atom is 0.323 e. The Kier molecular flexibility index (Phi) is 19.2. The largest absolute Gasteiger partial charge is 0.465 e. The molecule has 2 aliphatic heterocycles. The van der Waals surface area contributed by atoms with Crippen LogP contribution >= 0.6 is 0 Å². The van der Waals surface area contributed by atoms with Gasteiger partial charge in [0.05, 0.1) is 26.4 Å². The van der Waals surface area contributed by atoms with Gasteiger partial charge in [0.1, 0.15) is 0 Å². The lowest BCUT2D eigenvalue weighted by Crippen LogP contribution is -2.42. The Labute approximate surface area is 260 Å². The van der Waals surface area contributed by atoms with E-state index in [0.29, 0.717) is 26.1 Å². The average molecular weight is 613 g/mol. The molecule has 0 aromatic rings. The van der Waals surface area contributed by atoms with Gasteiger partial charge in [-0.2, -0.15) is 0 Å². The van der Waals surface area contributed by atoms with Gasteiger partial charge in [0.15, 0.2) is 18.0 Å². The van der Waals surface area contributed by atoms with Crippen LogP contribution in [0.5, 0.6) is 0 Å². The van der Waals surface area contributed by atoms with Gasteiger partial charge in [-0.25, -0.2) is 0 Å². The number of esters is 2. The van der Waals surface area contributed by atoms with E-state index in [-0.39, 0.29) is 36.6 Å². The van der Waals surface area contributed by atoms with Crippen LogP contribution in [-0.4, -0.2) is 64.2 Å². The summed E-state index contributed by atoms with van der Waals surface area (Å²) in [6.07, 6.45) is 12.2. The van der Waals surface area contributed by atoms with Crippen LogP contribution in [-0.2, 0) is 38.0 Å². The van der Waals surface area contributed by atoms with Crippen LogP contribution in [0.2, 0.25) is 0 Å². The van der Waals surface area contributed by atoms with E-state index in [1.807, 2.05) is 0 Å². The minimum Gasteiger partial charge on any atom is -0.465 e. The van der Waals surface area contributed by atoms with E-state index in [1.165, 1.54) is 0 Å². The monoisotopic (exact) mass is 612 g/mol. The third-order valence-corrected chi connectivity index (χ3v) is 8.34. The SMILES string of the molecule is CCOC(=O)C(CCCCC(C)(C)COC1CCCCO1)(CCCCC(C)(C)COC1CCCCO1)C(=O)OCC.N#N. The number of unbranched alkanes of at least 4 members (excludes halogenated alkanes) is 2. The molecule has 0 aliphatic carbocycles. The molecule has 0 aromatic carbocycles. The van der Waals surface area contributed by atoms with Crippen molar-refractivity contribution < 1.29 is 38.0 Å². The molecular formula is C33H60N2O8. The number of carbonyl (C=O) groups excluding carboxylic acids is 2. The van der Waals surface area contributed by atoms with Crippen molar-refractivity contribution in [3.05, 3.63) is 0 Å². The molecule has 2 heterocycles. The Hall–Kier alpha value is -1.80. The third-order valence-electron chi connectivity index (χ3n) is 8.34. The summed E-state index contributed by atoms with van der Waals surface area (Å²) in [6.45, 7) is 15.6. The van der Waals surface area contributed by atoms with Gasteiger partial charge < -0.3 is 28.4 Å². The van der Waals surface area contributed by atoms with E-state index in [9.17, 15) is 9.59 Å². The molecule has 0 radical (unpaired) electrons. The van der Waals surface area contributed by atoms with E-state index < -0.39 is 17.4 Å². The molecule has 0 N–H and O–H groups in total. The number of nitrogens with zero attached hydrogens (tertiary/aromatic N) is 2. The minimum atomic E-state index is -1.26. The highest BCUT2D eigenvalue weighted by atomic mass is 16.7. The summed E-state index contributed by atoms with van der Waals surface area (Å²) in [5.74, 6) is -0.903. The van der Waals surface area contributed by atoms with Crippen LogP contribution in [0.1, 0.15) is 131 Å². The Morgan fingerprint density at radius 3 is 1.35 bits per heavy atom. The second kappa shape index (κ2) is 21.0. The predicted molar refractivity (Wildman–Crippen MR) is 163 cm³/mol. The topological polar surface area (TPSA) is 137 Å². The Balaban J connectivity index is 0.00000452. The van der Waals surface area contributed by atoms with Gasteiger partial charge in [0, 0.05) is 24.0 Å². The zero-order valence-electron chi connectivity index (χ0n) is 28.0. The van der Waals surface area contributed by atoms with Gasteiger partial charge in [-0.05, 0) is 88.9 Å². The number of carbonyl (C=O) groups is 2. The Morgan fingerprint density at radius 1 is 0.651 bits per heavy atom. The highest BCUT2D eigenvalue weighted by Crippen LogP contribution is 2.37. The summed E-state index contributed by atoms with van der Waals surface area (Å²) in [5.41, 5.74) is -1.31. The van der Waals surface area contributed by atoms with Crippen LogP contribution in [0.15, 0.2) is 0 Å². The molecule has 2 aliphatic rings. The fourth-order valence-corrected chi connectivity index (χ4v) is 5.68. The lowest BCUT2D eigenvalue weighted by molar-refractivity contribution is -0.177. The molecule has 2 rings (SSSR count). The molecule has 10 heteroatoms. The van der Waals surface area contributed by atoms with Crippen molar-refractivity contribution in [1.29, 1.82) is 10.8 Å². The van der Waals surface area contributed by atoms with Gasteiger partial charge in [-0.3, -0.25) is 9.59 Å². The summed E-state index contributed by atoms with van der Waals surface area (Å²) in [4.78, 5) is 26.7. The lowest BCUT2D eigenvalue weighted by Gasteiger charge is -2.32. The van der Waals surface area contributed by atoms with Crippen molar-refractivity contribution in [2.75, 3.05) is 39.6 Å². The van der Waals surface area contributed by atoms with Crippen molar-refractivity contribution >= 4 is 11.9 Å². The number of rotatable bonds is 20. The van der Waals surface area contributed by atoms with Gasteiger partial charge in [0.2, 0.25) is 0 Å². The number of hydrogen-bond acceptors (Lipinski definition) is 10. The van der Waals surface area contributed by atoms with Crippen molar-refractivity contribution in [2.45, 2.75) is 144 Å². The van der Waals surface area contributed by atoms with Crippen LogP contribution in [0, 0.1) is 27.0 Å².